The normalized spacial score (nSPS) is 20.9. The Kier molecular flexibility index (Phi) is 6.72. The van der Waals surface area contributed by atoms with Crippen LogP contribution in [0.1, 0.15) is 57.2 Å². The quantitative estimate of drug-likeness (QED) is 0.695. The van der Waals surface area contributed by atoms with Gasteiger partial charge in [-0.2, -0.15) is 0 Å². The Morgan fingerprint density at radius 3 is 2.62 bits per heavy atom. The Hall–Kier alpha value is -2.57. The van der Waals surface area contributed by atoms with Crippen LogP contribution in [0, 0.1) is 0 Å². The number of nitrogens with zero attached hydrogens (tertiary/aromatic N) is 2. The van der Waals surface area contributed by atoms with Crippen LogP contribution in [-0.4, -0.2) is 54.2 Å². The Morgan fingerprint density at radius 1 is 1.19 bits per heavy atom. The van der Waals surface area contributed by atoms with Crippen LogP contribution in [-0.2, 0) is 0 Å². The molecule has 2 N–H and O–H groups in total. The second-order valence-corrected chi connectivity index (χ2v) is 8.98. The average molecular weight is 438 g/mol. The molecule has 172 valence electrons. The molecule has 0 saturated carbocycles. The van der Waals surface area contributed by atoms with Gasteiger partial charge in [-0.25, -0.2) is 0 Å². The van der Waals surface area contributed by atoms with Gasteiger partial charge in [-0.1, -0.05) is 24.3 Å². The van der Waals surface area contributed by atoms with E-state index in [-0.39, 0.29) is 17.5 Å². The lowest BCUT2D eigenvalue weighted by atomic mass is 9.87. The zero-order valence-corrected chi connectivity index (χ0v) is 19.6. The fraction of sp³-hybridized carbons (Fsp3) is 0.500. The van der Waals surface area contributed by atoms with Crippen LogP contribution < -0.4 is 14.8 Å². The van der Waals surface area contributed by atoms with Crippen LogP contribution in [0.15, 0.2) is 47.5 Å². The van der Waals surface area contributed by atoms with Crippen LogP contribution in [0.2, 0.25) is 0 Å². The van der Waals surface area contributed by atoms with Gasteiger partial charge in [0.1, 0.15) is 11.4 Å². The van der Waals surface area contributed by atoms with Crippen LogP contribution in [0.5, 0.6) is 17.2 Å². The molecule has 0 unspecified atom stereocenters. The summed E-state index contributed by atoms with van der Waals surface area (Å²) in [4.78, 5) is 7.79. The predicted molar refractivity (Wildman–Crippen MR) is 128 cm³/mol. The van der Waals surface area contributed by atoms with Crippen LogP contribution in [0.3, 0.4) is 0 Å². The van der Waals surface area contributed by atoms with Crippen molar-refractivity contribution >= 4 is 5.71 Å². The first-order valence-corrected chi connectivity index (χ1v) is 11.6. The summed E-state index contributed by atoms with van der Waals surface area (Å²) in [6.45, 7) is 8.93. The monoisotopic (exact) mass is 437 g/mol. The highest BCUT2D eigenvalue weighted by atomic mass is 16.5. The molecular weight excluding hydrogens is 402 g/mol. The van der Waals surface area contributed by atoms with Gasteiger partial charge in [-0.05, 0) is 57.4 Å². The van der Waals surface area contributed by atoms with Gasteiger partial charge >= 0.3 is 0 Å². The minimum atomic E-state index is -0.346. The lowest BCUT2D eigenvalue weighted by Crippen LogP contribution is -2.56. The molecule has 0 aromatic heterocycles. The molecule has 2 heterocycles. The van der Waals surface area contributed by atoms with Crippen molar-refractivity contribution in [3.63, 3.8) is 0 Å². The number of para-hydroxylation sites is 1. The Balaban J connectivity index is 1.71. The van der Waals surface area contributed by atoms with Gasteiger partial charge in [0.25, 0.3) is 0 Å². The van der Waals surface area contributed by atoms with E-state index in [0.29, 0.717) is 24.8 Å². The zero-order valence-electron chi connectivity index (χ0n) is 19.6. The molecule has 1 saturated heterocycles. The molecule has 0 radical (unpaired) electrons. The van der Waals surface area contributed by atoms with Gasteiger partial charge in [0.05, 0.1) is 13.7 Å². The van der Waals surface area contributed by atoms with E-state index < -0.39 is 0 Å². The molecule has 2 aromatic carbocycles. The van der Waals surface area contributed by atoms with Gasteiger partial charge in [0.15, 0.2) is 11.5 Å². The minimum absolute atomic E-state index is 0.0558. The number of aliphatic imine (C=N–C) groups is 1. The lowest BCUT2D eigenvalue weighted by molar-refractivity contribution is 0.103. The summed E-state index contributed by atoms with van der Waals surface area (Å²) < 4.78 is 11.1. The Labute approximate surface area is 191 Å². The number of aromatic hydroxyl groups is 1. The topological polar surface area (TPSA) is 66.3 Å². The molecule has 2 aromatic rings. The van der Waals surface area contributed by atoms with Crippen molar-refractivity contribution in [3.05, 3.63) is 53.6 Å². The van der Waals surface area contributed by atoms with Crippen LogP contribution in [0.4, 0.5) is 0 Å². The molecule has 4 rings (SSSR count). The second kappa shape index (κ2) is 9.51. The molecular formula is C26H35N3O3. The van der Waals surface area contributed by atoms with Gasteiger partial charge in [-0.15, -0.1) is 0 Å². The molecule has 1 spiro atoms. The largest absolute Gasteiger partial charge is 0.504 e. The minimum Gasteiger partial charge on any atom is -0.504 e. The van der Waals surface area contributed by atoms with E-state index in [1.165, 1.54) is 0 Å². The number of phenolic OH excluding ortho intramolecular Hbond substituents is 1. The number of methoxy groups -OCH3 is 1. The van der Waals surface area contributed by atoms with Crippen molar-refractivity contribution in [2.24, 2.45) is 4.99 Å². The third-order valence-electron chi connectivity index (χ3n) is 6.65. The summed E-state index contributed by atoms with van der Waals surface area (Å²) in [6.07, 6.45) is 2.55. The smallest absolute Gasteiger partial charge is 0.162 e. The van der Waals surface area contributed by atoms with Crippen molar-refractivity contribution in [2.45, 2.75) is 57.8 Å². The highest BCUT2D eigenvalue weighted by molar-refractivity contribution is 6.02. The molecule has 1 atom stereocenters. The third-order valence-corrected chi connectivity index (χ3v) is 6.65. The number of hydrogen-bond acceptors (Lipinski definition) is 6. The van der Waals surface area contributed by atoms with E-state index >= 15 is 0 Å². The van der Waals surface area contributed by atoms with E-state index in [0.717, 1.165) is 48.5 Å². The lowest BCUT2D eigenvalue weighted by Gasteiger charge is -2.46. The Bertz CT molecular complexity index is 965. The number of nitrogens with one attached hydrogen (secondary N) is 1. The maximum atomic E-state index is 11.0. The number of benzene rings is 2. The van der Waals surface area contributed by atoms with Crippen molar-refractivity contribution < 1.29 is 14.6 Å². The summed E-state index contributed by atoms with van der Waals surface area (Å²) in [5.74, 6) is 1.57. The first kappa shape index (κ1) is 22.6. The van der Waals surface area contributed by atoms with Crippen molar-refractivity contribution in [1.82, 2.24) is 10.2 Å². The average Bonchev–Trinajstić information content (AvgIpc) is 2.80. The number of ether oxygens (including phenoxy) is 2. The van der Waals surface area contributed by atoms with Gasteiger partial charge in [0.2, 0.25) is 0 Å². The summed E-state index contributed by atoms with van der Waals surface area (Å²) in [5, 5.41) is 14.8. The fourth-order valence-electron chi connectivity index (χ4n) is 4.84. The molecule has 2 aliphatic heterocycles. The number of likely N-dealkylation sites (tertiary alicyclic amines) is 1. The maximum absolute atomic E-state index is 11.0. The molecule has 0 amide bonds. The molecule has 2 aliphatic rings. The number of hydrogen-bond donors (Lipinski definition) is 2. The summed E-state index contributed by atoms with van der Waals surface area (Å²) >= 11 is 0. The van der Waals surface area contributed by atoms with Crippen LogP contribution >= 0.6 is 0 Å². The summed E-state index contributed by atoms with van der Waals surface area (Å²) in [5.41, 5.74) is 2.63. The standard InChI is InChI=1S/C26H35N3O3/c1-5-32-24-11-7-10-21(25(24)30)23-17-22(19-8-6-9-20(16-19)31-4)27-26(28-23)12-14-29(15-13-26)18(2)3/h6-11,16,18,23,28,30H,5,12-15,17H2,1-4H3/t23-/m0/s1. The molecule has 0 bridgehead atoms. The van der Waals surface area contributed by atoms with E-state index in [2.05, 4.69) is 36.2 Å². The fourth-order valence-corrected chi connectivity index (χ4v) is 4.84. The number of piperidine rings is 1. The molecule has 6 nitrogen and oxygen atoms in total. The van der Waals surface area contributed by atoms with Crippen molar-refractivity contribution in [1.29, 1.82) is 0 Å². The van der Waals surface area contributed by atoms with Crippen molar-refractivity contribution in [3.8, 4) is 17.2 Å². The SMILES string of the molecule is CCOc1cccc([C@@H]2CC(c3cccc(OC)c3)=NC3(CCN(C(C)C)CC3)N2)c1O. The third kappa shape index (κ3) is 4.62. The number of rotatable bonds is 6. The van der Waals surface area contributed by atoms with E-state index in [1.54, 1.807) is 7.11 Å². The highest BCUT2D eigenvalue weighted by Gasteiger charge is 2.41. The molecule has 0 aliphatic carbocycles. The van der Waals surface area contributed by atoms with Gasteiger partial charge in [-0.3, -0.25) is 10.3 Å². The zero-order chi connectivity index (χ0) is 22.7. The maximum Gasteiger partial charge on any atom is 0.162 e. The first-order chi connectivity index (χ1) is 15.4. The number of phenols is 1. The molecule has 1 fully saturated rings. The predicted octanol–water partition coefficient (Wildman–Crippen LogP) is 4.52. The van der Waals surface area contributed by atoms with Crippen LogP contribution in [0.25, 0.3) is 0 Å². The highest BCUT2D eigenvalue weighted by Crippen LogP contribution is 2.41. The van der Waals surface area contributed by atoms with E-state index in [1.807, 2.05) is 37.3 Å². The van der Waals surface area contributed by atoms with E-state index in [9.17, 15) is 5.11 Å². The Morgan fingerprint density at radius 2 is 1.94 bits per heavy atom. The summed E-state index contributed by atoms with van der Waals surface area (Å²) in [7, 11) is 1.69. The van der Waals surface area contributed by atoms with Gasteiger partial charge < -0.3 is 19.5 Å². The van der Waals surface area contributed by atoms with E-state index in [4.69, 9.17) is 14.5 Å². The second-order valence-electron chi connectivity index (χ2n) is 8.98. The molecule has 6 heteroatoms. The van der Waals surface area contributed by atoms with Gasteiger partial charge in [0, 0.05) is 42.9 Å². The molecule has 32 heavy (non-hydrogen) atoms. The first-order valence-electron chi connectivity index (χ1n) is 11.6. The van der Waals surface area contributed by atoms with Crippen molar-refractivity contribution in [2.75, 3.05) is 26.8 Å². The summed E-state index contributed by atoms with van der Waals surface area (Å²) in [6, 6.07) is 14.3.